The average molecular weight is 318 g/mol. The summed E-state index contributed by atoms with van der Waals surface area (Å²) in [4.78, 5) is 12.0. The smallest absolute Gasteiger partial charge is 0.239 e. The lowest BCUT2D eigenvalue weighted by Gasteiger charge is -2.13. The number of aryl methyl sites for hydroxylation is 2. The van der Waals surface area contributed by atoms with Gasteiger partial charge in [0.05, 0.1) is 25.0 Å². The van der Waals surface area contributed by atoms with Gasteiger partial charge in [-0.05, 0) is 12.5 Å². The highest BCUT2D eigenvalue weighted by Gasteiger charge is 2.19. The molecule has 2 aromatic rings. The molecule has 0 bridgehead atoms. The Morgan fingerprint density at radius 3 is 2.65 bits per heavy atom. The van der Waals surface area contributed by atoms with E-state index in [0.29, 0.717) is 12.4 Å². The fourth-order valence-corrected chi connectivity index (χ4v) is 2.12. The van der Waals surface area contributed by atoms with Crippen LogP contribution in [0.3, 0.4) is 0 Å². The van der Waals surface area contributed by atoms with Gasteiger partial charge < -0.3 is 10.6 Å². The predicted molar refractivity (Wildman–Crippen MR) is 90.4 cm³/mol. The Hall–Kier alpha value is -2.15. The normalized spacial score (nSPS) is 11.7. The lowest BCUT2D eigenvalue weighted by molar-refractivity contribution is -0.115. The van der Waals surface area contributed by atoms with Gasteiger partial charge in [-0.15, -0.1) is 0 Å². The lowest BCUT2D eigenvalue weighted by atomic mass is 9.92. The van der Waals surface area contributed by atoms with Crippen LogP contribution in [0.15, 0.2) is 18.5 Å². The van der Waals surface area contributed by atoms with E-state index in [1.54, 1.807) is 4.68 Å². The predicted octanol–water partition coefficient (Wildman–Crippen LogP) is 1.45. The molecule has 23 heavy (non-hydrogen) atoms. The second-order valence-corrected chi connectivity index (χ2v) is 6.79. The lowest BCUT2D eigenvalue weighted by Crippen LogP contribution is -2.31. The maximum Gasteiger partial charge on any atom is 0.239 e. The van der Waals surface area contributed by atoms with Crippen molar-refractivity contribution in [2.75, 3.05) is 18.4 Å². The van der Waals surface area contributed by atoms with Gasteiger partial charge in [-0.2, -0.15) is 10.2 Å². The van der Waals surface area contributed by atoms with Crippen LogP contribution in [0.5, 0.6) is 0 Å². The van der Waals surface area contributed by atoms with Crippen molar-refractivity contribution >= 4 is 11.7 Å². The van der Waals surface area contributed by atoms with E-state index in [1.807, 2.05) is 37.1 Å². The molecule has 0 aromatic carbocycles. The molecule has 0 aliphatic heterocycles. The number of nitrogens with one attached hydrogen (secondary N) is 2. The molecule has 2 aromatic heterocycles. The first kappa shape index (κ1) is 17.2. The molecular weight excluding hydrogens is 292 g/mol. The molecule has 0 unspecified atom stereocenters. The Bertz CT molecular complexity index is 664. The fraction of sp³-hybridized carbons (Fsp3) is 0.562. The van der Waals surface area contributed by atoms with Crippen LogP contribution < -0.4 is 10.6 Å². The van der Waals surface area contributed by atoms with Crippen LogP contribution in [-0.4, -0.2) is 38.6 Å². The number of nitrogens with zero attached hydrogens (tertiary/aromatic N) is 4. The van der Waals surface area contributed by atoms with Crippen LogP contribution in [0.4, 0.5) is 5.82 Å². The summed E-state index contributed by atoms with van der Waals surface area (Å²) in [6, 6.07) is 1.92. The van der Waals surface area contributed by atoms with Gasteiger partial charge in [0.25, 0.3) is 0 Å². The number of carbonyl (C=O) groups is 1. The number of carbonyl (C=O) groups excluding carboxylic acids is 1. The summed E-state index contributed by atoms with van der Waals surface area (Å²) in [5, 5.41) is 14.6. The molecule has 7 heteroatoms. The molecule has 1 amide bonds. The molecular formula is C16H26N6O. The van der Waals surface area contributed by atoms with Crippen molar-refractivity contribution in [2.24, 2.45) is 7.05 Å². The number of aromatic nitrogens is 4. The van der Waals surface area contributed by atoms with E-state index in [9.17, 15) is 4.79 Å². The highest BCUT2D eigenvalue weighted by atomic mass is 16.2. The summed E-state index contributed by atoms with van der Waals surface area (Å²) in [7, 11) is 1.83. The van der Waals surface area contributed by atoms with Crippen molar-refractivity contribution in [3.8, 4) is 0 Å². The molecule has 0 aliphatic carbocycles. The first-order chi connectivity index (χ1) is 10.8. The Balaban J connectivity index is 1.77. The third-order valence-corrected chi connectivity index (χ3v) is 3.48. The Labute approximate surface area is 137 Å². The Kier molecular flexibility index (Phi) is 5.20. The largest absolute Gasteiger partial charge is 0.310 e. The van der Waals surface area contributed by atoms with Gasteiger partial charge in [0, 0.05) is 31.3 Å². The summed E-state index contributed by atoms with van der Waals surface area (Å²) in [6.45, 7) is 9.98. The molecule has 0 aliphatic rings. The van der Waals surface area contributed by atoms with Gasteiger partial charge in [-0.25, -0.2) is 0 Å². The number of hydrogen-bond acceptors (Lipinski definition) is 4. The molecule has 0 radical (unpaired) electrons. The second kappa shape index (κ2) is 6.95. The minimum absolute atomic E-state index is 0.0408. The van der Waals surface area contributed by atoms with Crippen molar-refractivity contribution in [3.05, 3.63) is 29.7 Å². The summed E-state index contributed by atoms with van der Waals surface area (Å²) < 4.78 is 3.56. The topological polar surface area (TPSA) is 76.8 Å². The van der Waals surface area contributed by atoms with E-state index < -0.39 is 0 Å². The van der Waals surface area contributed by atoms with Crippen LogP contribution in [0.1, 0.15) is 32.0 Å². The average Bonchev–Trinajstić information content (AvgIpc) is 3.01. The number of anilines is 1. The summed E-state index contributed by atoms with van der Waals surface area (Å²) in [6.07, 6.45) is 3.80. The van der Waals surface area contributed by atoms with E-state index in [1.165, 1.54) is 0 Å². The van der Waals surface area contributed by atoms with Crippen molar-refractivity contribution in [2.45, 2.75) is 39.7 Å². The minimum Gasteiger partial charge on any atom is -0.310 e. The third kappa shape index (κ3) is 4.92. The fourth-order valence-electron chi connectivity index (χ4n) is 2.12. The first-order valence-electron chi connectivity index (χ1n) is 7.80. The number of hydrogen-bond donors (Lipinski definition) is 2. The van der Waals surface area contributed by atoms with E-state index >= 15 is 0 Å². The molecule has 0 fully saturated rings. The maximum atomic E-state index is 12.0. The monoisotopic (exact) mass is 318 g/mol. The van der Waals surface area contributed by atoms with Crippen LogP contribution in [0.25, 0.3) is 0 Å². The Morgan fingerprint density at radius 2 is 2.09 bits per heavy atom. The SMILES string of the molecule is Cc1cnn(CCNCC(=O)Nc2cc(C(C)(C)C)nn2C)c1. The molecule has 0 spiro atoms. The molecule has 2 N–H and O–H groups in total. The van der Waals surface area contributed by atoms with Crippen LogP contribution >= 0.6 is 0 Å². The van der Waals surface area contributed by atoms with Gasteiger partial charge in [0.2, 0.25) is 5.91 Å². The second-order valence-electron chi connectivity index (χ2n) is 6.79. The van der Waals surface area contributed by atoms with Gasteiger partial charge in [0.1, 0.15) is 5.82 Å². The molecule has 0 saturated carbocycles. The maximum absolute atomic E-state index is 12.0. The first-order valence-corrected chi connectivity index (χ1v) is 7.80. The summed E-state index contributed by atoms with van der Waals surface area (Å²) in [5.41, 5.74) is 2.05. The number of rotatable bonds is 6. The van der Waals surface area contributed by atoms with Gasteiger partial charge in [0.15, 0.2) is 0 Å². The standard InChI is InChI=1S/C16H26N6O/c1-12-9-18-22(11-12)7-6-17-10-15(23)19-14-8-13(16(2,3)4)20-21(14)5/h8-9,11,17H,6-7,10H2,1-5H3,(H,19,23). The quantitative estimate of drug-likeness (QED) is 0.790. The van der Waals surface area contributed by atoms with Crippen molar-refractivity contribution in [1.29, 1.82) is 0 Å². The molecule has 126 valence electrons. The molecule has 0 atom stereocenters. The van der Waals surface area contributed by atoms with Gasteiger partial charge >= 0.3 is 0 Å². The van der Waals surface area contributed by atoms with Gasteiger partial charge in [-0.1, -0.05) is 20.8 Å². The summed E-state index contributed by atoms with van der Waals surface area (Å²) >= 11 is 0. The van der Waals surface area contributed by atoms with E-state index in [-0.39, 0.29) is 17.9 Å². The zero-order valence-corrected chi connectivity index (χ0v) is 14.6. The molecule has 2 rings (SSSR count). The van der Waals surface area contributed by atoms with Crippen LogP contribution in [-0.2, 0) is 23.8 Å². The zero-order chi connectivity index (χ0) is 17.0. The molecule has 2 heterocycles. The number of amides is 1. The zero-order valence-electron chi connectivity index (χ0n) is 14.6. The van der Waals surface area contributed by atoms with Crippen LogP contribution in [0, 0.1) is 6.92 Å². The van der Waals surface area contributed by atoms with Crippen molar-refractivity contribution in [1.82, 2.24) is 24.9 Å². The van der Waals surface area contributed by atoms with Gasteiger partial charge in [-0.3, -0.25) is 14.2 Å². The van der Waals surface area contributed by atoms with Crippen molar-refractivity contribution in [3.63, 3.8) is 0 Å². The summed E-state index contributed by atoms with van der Waals surface area (Å²) in [5.74, 6) is 0.634. The highest BCUT2D eigenvalue weighted by molar-refractivity contribution is 5.91. The molecule has 7 nitrogen and oxygen atoms in total. The minimum atomic E-state index is -0.0786. The Morgan fingerprint density at radius 1 is 1.35 bits per heavy atom. The van der Waals surface area contributed by atoms with E-state index in [0.717, 1.165) is 17.8 Å². The van der Waals surface area contributed by atoms with E-state index in [2.05, 4.69) is 41.6 Å². The van der Waals surface area contributed by atoms with Crippen molar-refractivity contribution < 1.29 is 4.79 Å². The van der Waals surface area contributed by atoms with Crippen LogP contribution in [0.2, 0.25) is 0 Å². The highest BCUT2D eigenvalue weighted by Crippen LogP contribution is 2.23. The van der Waals surface area contributed by atoms with E-state index in [4.69, 9.17) is 0 Å². The molecule has 0 saturated heterocycles. The third-order valence-electron chi connectivity index (χ3n) is 3.48.